The number of hydrogen-bond acceptors (Lipinski definition) is 5. The first-order valence-corrected chi connectivity index (χ1v) is 7.63. The Morgan fingerprint density at radius 3 is 2.76 bits per heavy atom. The average Bonchev–Trinajstić information content (AvgIpc) is 3.09. The monoisotopic (exact) mass is 293 g/mol. The average molecular weight is 293 g/mol. The van der Waals surface area contributed by atoms with Crippen LogP contribution < -0.4 is 5.32 Å². The molecule has 0 spiro atoms. The van der Waals surface area contributed by atoms with E-state index >= 15 is 0 Å². The van der Waals surface area contributed by atoms with Gasteiger partial charge in [-0.2, -0.15) is 0 Å². The van der Waals surface area contributed by atoms with Gasteiger partial charge in [0.2, 0.25) is 5.91 Å². The standard InChI is InChI=1S/C15H23N3O3/c1-9-13(10(2)21-17-9)6-18-5-11(8-19)14(7-18)15(20)16-12-3-4-12/h11-12,14,19H,3-8H2,1-2H3,(H,16,20)/t11-,14+/m0/s1. The van der Waals surface area contributed by atoms with Crippen molar-refractivity contribution in [1.29, 1.82) is 0 Å². The number of nitrogens with zero attached hydrogens (tertiary/aromatic N) is 2. The van der Waals surface area contributed by atoms with Gasteiger partial charge in [0.1, 0.15) is 5.76 Å². The minimum atomic E-state index is -0.115. The fourth-order valence-electron chi connectivity index (χ4n) is 3.06. The quantitative estimate of drug-likeness (QED) is 0.831. The molecule has 0 unspecified atom stereocenters. The van der Waals surface area contributed by atoms with E-state index in [0.717, 1.165) is 42.9 Å². The lowest BCUT2D eigenvalue weighted by atomic mass is 9.96. The number of carbonyl (C=O) groups is 1. The van der Waals surface area contributed by atoms with Gasteiger partial charge >= 0.3 is 0 Å². The van der Waals surface area contributed by atoms with Crippen molar-refractivity contribution in [3.05, 3.63) is 17.0 Å². The summed E-state index contributed by atoms with van der Waals surface area (Å²) in [4.78, 5) is 14.5. The number of hydrogen-bond donors (Lipinski definition) is 2. The number of likely N-dealkylation sites (tertiary alicyclic amines) is 1. The van der Waals surface area contributed by atoms with Crippen molar-refractivity contribution in [2.75, 3.05) is 19.7 Å². The van der Waals surface area contributed by atoms with E-state index in [1.807, 2.05) is 13.8 Å². The molecule has 2 N–H and O–H groups in total. The van der Waals surface area contributed by atoms with E-state index < -0.39 is 0 Å². The summed E-state index contributed by atoms with van der Waals surface area (Å²) in [7, 11) is 0. The van der Waals surface area contributed by atoms with E-state index in [1.165, 1.54) is 0 Å². The Morgan fingerprint density at radius 1 is 1.43 bits per heavy atom. The van der Waals surface area contributed by atoms with Gasteiger partial charge in [0.25, 0.3) is 0 Å². The van der Waals surface area contributed by atoms with Crippen LogP contribution in [0.25, 0.3) is 0 Å². The molecule has 1 aliphatic heterocycles. The topological polar surface area (TPSA) is 78.6 Å². The molecule has 1 amide bonds. The molecule has 6 heteroatoms. The maximum Gasteiger partial charge on any atom is 0.225 e. The summed E-state index contributed by atoms with van der Waals surface area (Å²) in [5.74, 6) is 0.831. The number of carbonyl (C=O) groups excluding carboxylic acids is 1. The lowest BCUT2D eigenvalue weighted by Crippen LogP contribution is -2.37. The highest BCUT2D eigenvalue weighted by molar-refractivity contribution is 5.80. The Kier molecular flexibility index (Phi) is 3.99. The van der Waals surface area contributed by atoms with Gasteiger partial charge in [-0.1, -0.05) is 5.16 Å². The van der Waals surface area contributed by atoms with Crippen molar-refractivity contribution in [3.8, 4) is 0 Å². The fraction of sp³-hybridized carbons (Fsp3) is 0.733. The van der Waals surface area contributed by atoms with Crippen LogP contribution in [0.2, 0.25) is 0 Å². The van der Waals surface area contributed by atoms with E-state index in [4.69, 9.17) is 4.52 Å². The van der Waals surface area contributed by atoms with Gasteiger partial charge in [-0.25, -0.2) is 0 Å². The molecule has 6 nitrogen and oxygen atoms in total. The number of aryl methyl sites for hydroxylation is 2. The molecule has 116 valence electrons. The van der Waals surface area contributed by atoms with Crippen molar-refractivity contribution < 1.29 is 14.4 Å². The zero-order valence-electron chi connectivity index (χ0n) is 12.6. The van der Waals surface area contributed by atoms with Crippen LogP contribution in [0.5, 0.6) is 0 Å². The van der Waals surface area contributed by atoms with Gasteiger partial charge < -0.3 is 14.9 Å². The molecule has 2 heterocycles. The molecule has 2 fully saturated rings. The summed E-state index contributed by atoms with van der Waals surface area (Å²) in [5.41, 5.74) is 1.99. The second kappa shape index (κ2) is 5.77. The smallest absolute Gasteiger partial charge is 0.225 e. The van der Waals surface area contributed by atoms with Gasteiger partial charge in [0.15, 0.2) is 0 Å². The van der Waals surface area contributed by atoms with E-state index in [0.29, 0.717) is 12.6 Å². The minimum absolute atomic E-state index is 0.0178. The fourth-order valence-corrected chi connectivity index (χ4v) is 3.06. The third kappa shape index (κ3) is 3.11. The van der Waals surface area contributed by atoms with Gasteiger partial charge in [-0.15, -0.1) is 0 Å². The normalized spacial score (nSPS) is 26.2. The Bertz CT molecular complexity index is 505. The molecular formula is C15H23N3O3. The molecule has 1 aromatic rings. The predicted molar refractivity (Wildman–Crippen MR) is 76.5 cm³/mol. The highest BCUT2D eigenvalue weighted by atomic mass is 16.5. The summed E-state index contributed by atoms with van der Waals surface area (Å²) in [6, 6.07) is 0.369. The summed E-state index contributed by atoms with van der Waals surface area (Å²) < 4.78 is 5.19. The highest BCUT2D eigenvalue weighted by Gasteiger charge is 2.39. The van der Waals surface area contributed by atoms with Crippen LogP contribution in [-0.2, 0) is 11.3 Å². The SMILES string of the molecule is Cc1noc(C)c1CN1C[C@@H](CO)[C@H](C(=O)NC2CC2)C1. The zero-order valence-corrected chi connectivity index (χ0v) is 12.6. The molecule has 2 atom stereocenters. The first kappa shape index (κ1) is 14.5. The van der Waals surface area contributed by atoms with Crippen molar-refractivity contribution in [3.63, 3.8) is 0 Å². The van der Waals surface area contributed by atoms with Gasteiger partial charge in [0, 0.05) is 43.8 Å². The molecule has 1 aliphatic carbocycles. The summed E-state index contributed by atoms with van der Waals surface area (Å²) in [6.07, 6.45) is 2.18. The second-order valence-electron chi connectivity index (χ2n) is 6.33. The summed E-state index contributed by atoms with van der Waals surface area (Å²) >= 11 is 0. The highest BCUT2D eigenvalue weighted by Crippen LogP contribution is 2.28. The Morgan fingerprint density at radius 2 is 2.19 bits per heavy atom. The molecular weight excluding hydrogens is 270 g/mol. The molecule has 0 bridgehead atoms. The number of aliphatic hydroxyl groups is 1. The van der Waals surface area contributed by atoms with Crippen LogP contribution in [0.1, 0.15) is 29.9 Å². The van der Waals surface area contributed by atoms with E-state index in [-0.39, 0.29) is 24.3 Å². The molecule has 0 aromatic carbocycles. The van der Waals surface area contributed by atoms with E-state index in [2.05, 4.69) is 15.4 Å². The first-order valence-electron chi connectivity index (χ1n) is 7.63. The van der Waals surface area contributed by atoms with Gasteiger partial charge in [-0.05, 0) is 26.7 Å². The first-order chi connectivity index (χ1) is 10.1. The number of aromatic nitrogens is 1. The predicted octanol–water partition coefficient (Wildman–Crippen LogP) is 0.610. The summed E-state index contributed by atoms with van der Waals surface area (Å²) in [6.45, 7) is 6.05. The number of amides is 1. The molecule has 1 saturated heterocycles. The molecule has 2 aliphatic rings. The molecule has 21 heavy (non-hydrogen) atoms. The maximum atomic E-state index is 12.3. The van der Waals surface area contributed by atoms with Crippen molar-refractivity contribution in [2.45, 2.75) is 39.3 Å². The number of aliphatic hydroxyl groups excluding tert-OH is 1. The van der Waals surface area contributed by atoms with Gasteiger partial charge in [-0.3, -0.25) is 9.69 Å². The Balaban J connectivity index is 1.64. The third-order valence-electron chi connectivity index (χ3n) is 4.57. The van der Waals surface area contributed by atoms with Crippen molar-refractivity contribution >= 4 is 5.91 Å². The number of nitrogens with one attached hydrogen (secondary N) is 1. The third-order valence-corrected chi connectivity index (χ3v) is 4.57. The molecule has 3 rings (SSSR count). The Hall–Kier alpha value is -1.40. The lowest BCUT2D eigenvalue weighted by molar-refractivity contribution is -0.126. The number of rotatable bonds is 5. The minimum Gasteiger partial charge on any atom is -0.396 e. The van der Waals surface area contributed by atoms with Crippen molar-refractivity contribution in [1.82, 2.24) is 15.4 Å². The largest absolute Gasteiger partial charge is 0.396 e. The van der Waals surface area contributed by atoms with Crippen LogP contribution in [0.15, 0.2) is 4.52 Å². The van der Waals surface area contributed by atoms with E-state index in [1.54, 1.807) is 0 Å². The molecule has 1 aromatic heterocycles. The lowest BCUT2D eigenvalue weighted by Gasteiger charge is -2.15. The van der Waals surface area contributed by atoms with Crippen molar-refractivity contribution in [2.24, 2.45) is 11.8 Å². The van der Waals surface area contributed by atoms with E-state index in [9.17, 15) is 9.90 Å². The van der Waals surface area contributed by atoms with Crippen LogP contribution in [0.4, 0.5) is 0 Å². The van der Waals surface area contributed by atoms with Crippen LogP contribution in [0, 0.1) is 25.7 Å². The van der Waals surface area contributed by atoms with Crippen LogP contribution in [0.3, 0.4) is 0 Å². The molecule has 0 radical (unpaired) electrons. The summed E-state index contributed by atoms with van der Waals surface area (Å²) in [5, 5.41) is 16.6. The maximum absolute atomic E-state index is 12.3. The van der Waals surface area contributed by atoms with Crippen LogP contribution >= 0.6 is 0 Å². The Labute approximate surface area is 124 Å². The second-order valence-corrected chi connectivity index (χ2v) is 6.33. The zero-order chi connectivity index (χ0) is 15.0. The van der Waals surface area contributed by atoms with Gasteiger partial charge in [0.05, 0.1) is 11.6 Å². The van der Waals surface area contributed by atoms with Crippen LogP contribution in [-0.4, -0.2) is 46.8 Å². The molecule has 1 saturated carbocycles.